The molecule has 0 aliphatic carbocycles. The van der Waals surface area contributed by atoms with E-state index in [4.69, 9.17) is 23.2 Å². The predicted molar refractivity (Wildman–Crippen MR) is 77.9 cm³/mol. The first-order chi connectivity index (χ1) is 9.86. The molecule has 1 aromatic heterocycles. The topological polar surface area (TPSA) is 24.9 Å². The molecule has 0 saturated heterocycles. The molecule has 0 spiro atoms. The minimum atomic E-state index is -4.37. The van der Waals surface area contributed by atoms with Crippen LogP contribution >= 0.6 is 23.2 Å². The van der Waals surface area contributed by atoms with Crippen LogP contribution in [0.2, 0.25) is 10.0 Å². The van der Waals surface area contributed by atoms with Crippen LogP contribution in [0.5, 0.6) is 0 Å². The van der Waals surface area contributed by atoms with E-state index in [1.54, 1.807) is 12.1 Å². The lowest BCUT2D eigenvalue weighted by atomic mass is 10.1. The fraction of sp³-hybridized carbons (Fsp3) is 0.214. The Morgan fingerprint density at radius 3 is 2.43 bits per heavy atom. The highest BCUT2D eigenvalue weighted by atomic mass is 35.5. The Labute approximate surface area is 129 Å². The summed E-state index contributed by atoms with van der Waals surface area (Å²) in [6.07, 6.45) is -2.96. The molecule has 2 rings (SSSR count). The molecular formula is C14H11Cl2F3N2. The molecule has 0 amide bonds. The van der Waals surface area contributed by atoms with Crippen molar-refractivity contribution in [3.63, 3.8) is 0 Å². The van der Waals surface area contributed by atoms with Gasteiger partial charge in [0.15, 0.2) is 0 Å². The molecule has 1 heterocycles. The van der Waals surface area contributed by atoms with E-state index in [0.29, 0.717) is 28.8 Å². The lowest BCUT2D eigenvalue weighted by Gasteiger charge is -2.09. The van der Waals surface area contributed by atoms with Crippen LogP contribution in [0.1, 0.15) is 11.1 Å². The van der Waals surface area contributed by atoms with Crippen LogP contribution in [0.4, 0.5) is 19.0 Å². The van der Waals surface area contributed by atoms with Crippen LogP contribution in [-0.2, 0) is 12.6 Å². The summed E-state index contributed by atoms with van der Waals surface area (Å²) < 4.78 is 37.2. The molecular weight excluding hydrogens is 324 g/mol. The van der Waals surface area contributed by atoms with Gasteiger partial charge in [-0.15, -0.1) is 0 Å². The number of hydrogen-bond donors (Lipinski definition) is 1. The molecule has 2 nitrogen and oxygen atoms in total. The van der Waals surface area contributed by atoms with E-state index in [0.717, 1.165) is 17.8 Å². The summed E-state index contributed by atoms with van der Waals surface area (Å²) in [7, 11) is 0. The number of pyridine rings is 1. The quantitative estimate of drug-likeness (QED) is 0.845. The van der Waals surface area contributed by atoms with Gasteiger partial charge in [0.1, 0.15) is 5.82 Å². The lowest BCUT2D eigenvalue weighted by molar-refractivity contribution is -0.137. The zero-order valence-electron chi connectivity index (χ0n) is 10.7. The van der Waals surface area contributed by atoms with Crippen LogP contribution in [0, 0.1) is 0 Å². The van der Waals surface area contributed by atoms with Crippen LogP contribution in [0.25, 0.3) is 0 Å². The van der Waals surface area contributed by atoms with Gasteiger partial charge >= 0.3 is 6.18 Å². The number of nitrogens with zero attached hydrogens (tertiary/aromatic N) is 1. The van der Waals surface area contributed by atoms with E-state index in [1.165, 1.54) is 6.07 Å². The molecule has 0 aliphatic heterocycles. The number of rotatable bonds is 4. The molecule has 1 N–H and O–H groups in total. The first kappa shape index (κ1) is 15.9. The molecule has 112 valence electrons. The standard InChI is InChI=1S/C14H11Cl2F3N2/c15-11-3-1-9(12(16)7-11)5-6-20-13-4-2-10(8-21-13)14(17,18)19/h1-4,7-8H,5-6H2,(H,20,21). The summed E-state index contributed by atoms with van der Waals surface area (Å²) >= 11 is 11.8. The van der Waals surface area contributed by atoms with Gasteiger partial charge in [-0.2, -0.15) is 13.2 Å². The first-order valence-corrected chi connectivity index (χ1v) is 6.83. The summed E-state index contributed by atoms with van der Waals surface area (Å²) in [6, 6.07) is 7.48. The van der Waals surface area contributed by atoms with Crippen molar-refractivity contribution in [3.05, 3.63) is 57.7 Å². The number of halogens is 5. The molecule has 21 heavy (non-hydrogen) atoms. The summed E-state index contributed by atoms with van der Waals surface area (Å²) in [4.78, 5) is 3.73. The Balaban J connectivity index is 1.91. The fourth-order valence-electron chi connectivity index (χ4n) is 1.72. The molecule has 0 saturated carbocycles. The van der Waals surface area contributed by atoms with Crippen molar-refractivity contribution < 1.29 is 13.2 Å². The van der Waals surface area contributed by atoms with Gasteiger partial charge < -0.3 is 5.32 Å². The van der Waals surface area contributed by atoms with Gasteiger partial charge in [0.25, 0.3) is 0 Å². The van der Waals surface area contributed by atoms with Gasteiger partial charge in [0, 0.05) is 22.8 Å². The molecule has 0 fully saturated rings. The molecule has 0 unspecified atom stereocenters. The van der Waals surface area contributed by atoms with Crippen molar-refractivity contribution in [2.45, 2.75) is 12.6 Å². The Morgan fingerprint density at radius 1 is 1.10 bits per heavy atom. The minimum absolute atomic E-state index is 0.382. The smallest absolute Gasteiger partial charge is 0.370 e. The number of hydrogen-bond acceptors (Lipinski definition) is 2. The molecule has 0 atom stereocenters. The fourth-order valence-corrected chi connectivity index (χ4v) is 2.22. The SMILES string of the molecule is FC(F)(F)c1ccc(NCCc2ccc(Cl)cc2Cl)nc1. The van der Waals surface area contributed by atoms with Gasteiger partial charge in [-0.05, 0) is 36.2 Å². The molecule has 0 aliphatic rings. The zero-order valence-corrected chi connectivity index (χ0v) is 12.2. The molecule has 0 radical (unpaired) electrons. The lowest BCUT2D eigenvalue weighted by Crippen LogP contribution is -2.09. The van der Waals surface area contributed by atoms with Crippen molar-refractivity contribution in [2.75, 3.05) is 11.9 Å². The van der Waals surface area contributed by atoms with Crippen LogP contribution < -0.4 is 5.32 Å². The Bertz CT molecular complexity index is 613. The van der Waals surface area contributed by atoms with Crippen LogP contribution in [-0.4, -0.2) is 11.5 Å². The Kier molecular flexibility index (Phi) is 4.96. The predicted octanol–water partition coefficient (Wildman–Crippen LogP) is 5.06. The normalized spacial score (nSPS) is 11.5. The number of anilines is 1. The maximum atomic E-state index is 12.4. The van der Waals surface area contributed by atoms with E-state index in [-0.39, 0.29) is 0 Å². The second-order valence-corrected chi connectivity index (χ2v) is 5.19. The second-order valence-electron chi connectivity index (χ2n) is 4.34. The minimum Gasteiger partial charge on any atom is -0.370 e. The monoisotopic (exact) mass is 334 g/mol. The molecule has 2 aromatic rings. The number of nitrogens with one attached hydrogen (secondary N) is 1. The summed E-state index contributed by atoms with van der Waals surface area (Å²) in [5.41, 5.74) is 0.134. The first-order valence-electron chi connectivity index (χ1n) is 6.07. The van der Waals surface area contributed by atoms with Gasteiger partial charge in [0.2, 0.25) is 0 Å². The van der Waals surface area contributed by atoms with Crippen molar-refractivity contribution in [1.29, 1.82) is 0 Å². The largest absolute Gasteiger partial charge is 0.417 e. The van der Waals surface area contributed by atoms with Gasteiger partial charge in [-0.3, -0.25) is 0 Å². The van der Waals surface area contributed by atoms with Gasteiger partial charge in [-0.1, -0.05) is 29.3 Å². The van der Waals surface area contributed by atoms with Gasteiger partial charge in [0.05, 0.1) is 5.56 Å². The van der Waals surface area contributed by atoms with Gasteiger partial charge in [-0.25, -0.2) is 4.98 Å². The van der Waals surface area contributed by atoms with Crippen LogP contribution in [0.3, 0.4) is 0 Å². The van der Waals surface area contributed by atoms with Crippen LogP contribution in [0.15, 0.2) is 36.5 Å². The van der Waals surface area contributed by atoms with Crippen molar-refractivity contribution >= 4 is 29.0 Å². The molecule has 1 aromatic carbocycles. The summed E-state index contributed by atoms with van der Waals surface area (Å²) in [5.74, 6) is 0.382. The van der Waals surface area contributed by atoms with E-state index in [2.05, 4.69) is 10.3 Å². The highest BCUT2D eigenvalue weighted by Crippen LogP contribution is 2.28. The maximum absolute atomic E-state index is 12.4. The van der Waals surface area contributed by atoms with Crippen molar-refractivity contribution in [2.24, 2.45) is 0 Å². The van der Waals surface area contributed by atoms with E-state index in [1.807, 2.05) is 6.07 Å². The Morgan fingerprint density at radius 2 is 1.86 bits per heavy atom. The van der Waals surface area contributed by atoms with Crippen molar-refractivity contribution in [3.8, 4) is 0 Å². The summed E-state index contributed by atoms with van der Waals surface area (Å²) in [5, 5.41) is 4.06. The number of benzene rings is 1. The summed E-state index contributed by atoms with van der Waals surface area (Å²) in [6.45, 7) is 0.500. The maximum Gasteiger partial charge on any atom is 0.417 e. The van der Waals surface area contributed by atoms with E-state index in [9.17, 15) is 13.2 Å². The number of alkyl halides is 3. The number of aromatic nitrogens is 1. The third-order valence-electron chi connectivity index (χ3n) is 2.81. The van der Waals surface area contributed by atoms with E-state index < -0.39 is 11.7 Å². The van der Waals surface area contributed by atoms with E-state index >= 15 is 0 Å². The average molecular weight is 335 g/mol. The molecule has 0 bridgehead atoms. The highest BCUT2D eigenvalue weighted by Gasteiger charge is 2.30. The third kappa shape index (κ3) is 4.51. The molecule has 7 heteroatoms. The third-order valence-corrected chi connectivity index (χ3v) is 3.39. The second kappa shape index (κ2) is 6.54. The highest BCUT2D eigenvalue weighted by molar-refractivity contribution is 6.35. The zero-order chi connectivity index (χ0) is 15.5. The Hall–Kier alpha value is -1.46. The van der Waals surface area contributed by atoms with Crippen molar-refractivity contribution in [1.82, 2.24) is 4.98 Å². The average Bonchev–Trinajstić information content (AvgIpc) is 2.41.